The Labute approximate surface area is 70.8 Å². The van der Waals surface area contributed by atoms with E-state index in [4.69, 9.17) is 17.2 Å². The van der Waals surface area contributed by atoms with Crippen molar-refractivity contribution in [3.8, 4) is 11.8 Å². The lowest BCUT2D eigenvalue weighted by Gasteiger charge is -1.97. The van der Waals surface area contributed by atoms with Gasteiger partial charge in [0.15, 0.2) is 0 Å². The topological polar surface area (TPSA) is 90.9 Å². The van der Waals surface area contributed by atoms with Gasteiger partial charge in [0.25, 0.3) is 0 Å². The van der Waals surface area contributed by atoms with Gasteiger partial charge in [-0.2, -0.15) is 0 Å². The fraction of sp³-hybridized carbons (Fsp3) is 0.125. The Morgan fingerprint density at radius 1 is 1.42 bits per heavy atom. The molecule has 1 heterocycles. The monoisotopic (exact) mass is 162 g/mol. The van der Waals surface area contributed by atoms with Crippen LogP contribution >= 0.6 is 0 Å². The third-order valence-corrected chi connectivity index (χ3v) is 1.28. The van der Waals surface area contributed by atoms with Gasteiger partial charge in [-0.05, 0) is 6.07 Å². The number of nitrogens with zero attached hydrogens (tertiary/aromatic N) is 1. The molecule has 0 fully saturated rings. The number of hydrogen-bond donors (Lipinski definition) is 3. The van der Waals surface area contributed by atoms with E-state index >= 15 is 0 Å². The average molecular weight is 162 g/mol. The molecule has 0 aliphatic heterocycles. The van der Waals surface area contributed by atoms with Gasteiger partial charge < -0.3 is 17.2 Å². The van der Waals surface area contributed by atoms with Gasteiger partial charge in [0, 0.05) is 11.8 Å². The van der Waals surface area contributed by atoms with Crippen molar-refractivity contribution in [1.82, 2.24) is 4.98 Å². The van der Waals surface area contributed by atoms with E-state index in [1.54, 1.807) is 12.3 Å². The molecule has 4 heteroatoms. The lowest BCUT2D eigenvalue weighted by Crippen LogP contribution is -1.98. The van der Waals surface area contributed by atoms with E-state index in [-0.39, 0.29) is 0 Å². The molecule has 1 aromatic rings. The highest BCUT2D eigenvalue weighted by molar-refractivity contribution is 5.60. The molecule has 0 aromatic carbocycles. The predicted molar refractivity (Wildman–Crippen MR) is 49.0 cm³/mol. The van der Waals surface area contributed by atoms with E-state index in [0.29, 0.717) is 18.1 Å². The molecule has 0 atom stereocenters. The first-order valence-corrected chi connectivity index (χ1v) is 3.44. The molecule has 0 saturated heterocycles. The summed E-state index contributed by atoms with van der Waals surface area (Å²) in [4.78, 5) is 3.84. The van der Waals surface area contributed by atoms with Crippen LogP contribution in [-0.4, -0.2) is 11.5 Å². The summed E-state index contributed by atoms with van der Waals surface area (Å²) in [6, 6.07) is 1.67. The summed E-state index contributed by atoms with van der Waals surface area (Å²) in [6.07, 6.45) is 1.56. The Bertz CT molecular complexity index is 335. The highest BCUT2D eigenvalue weighted by Crippen LogP contribution is 2.10. The molecule has 0 aliphatic rings. The van der Waals surface area contributed by atoms with Crippen LogP contribution in [0.5, 0.6) is 0 Å². The molecule has 1 rings (SSSR count). The van der Waals surface area contributed by atoms with Gasteiger partial charge >= 0.3 is 0 Å². The number of nitrogen functional groups attached to an aromatic ring is 2. The molecule has 1 aromatic heterocycles. The van der Waals surface area contributed by atoms with Gasteiger partial charge in [0.05, 0.1) is 12.2 Å². The maximum atomic E-state index is 5.51. The number of aromatic nitrogens is 1. The zero-order chi connectivity index (χ0) is 8.97. The Morgan fingerprint density at radius 3 is 2.75 bits per heavy atom. The predicted octanol–water partition coefficient (Wildman–Crippen LogP) is -0.444. The molecule has 4 nitrogen and oxygen atoms in total. The van der Waals surface area contributed by atoms with Crippen molar-refractivity contribution < 1.29 is 0 Å². The van der Waals surface area contributed by atoms with Gasteiger partial charge in [-0.15, -0.1) is 0 Å². The Kier molecular flexibility index (Phi) is 2.51. The van der Waals surface area contributed by atoms with E-state index in [1.165, 1.54) is 0 Å². The zero-order valence-electron chi connectivity index (χ0n) is 6.54. The molecule has 0 radical (unpaired) electrons. The number of rotatable bonds is 0. The summed E-state index contributed by atoms with van der Waals surface area (Å²) in [5, 5.41) is 0. The van der Waals surface area contributed by atoms with E-state index < -0.39 is 0 Å². The van der Waals surface area contributed by atoms with Crippen molar-refractivity contribution >= 4 is 11.5 Å². The fourth-order valence-electron chi connectivity index (χ4n) is 0.714. The molecule has 0 amide bonds. The first kappa shape index (κ1) is 8.37. The van der Waals surface area contributed by atoms with Crippen molar-refractivity contribution in [3.05, 3.63) is 17.8 Å². The van der Waals surface area contributed by atoms with Crippen LogP contribution in [0.1, 0.15) is 5.56 Å². The first-order chi connectivity index (χ1) is 5.74. The summed E-state index contributed by atoms with van der Waals surface area (Å²) >= 11 is 0. The second kappa shape index (κ2) is 3.60. The Hall–Kier alpha value is -1.73. The summed E-state index contributed by atoms with van der Waals surface area (Å²) in [6.45, 7) is 0.324. The van der Waals surface area contributed by atoms with Crippen LogP contribution < -0.4 is 17.2 Å². The molecular formula is C8H10N4. The second-order valence-electron chi connectivity index (χ2n) is 2.20. The Morgan fingerprint density at radius 2 is 2.17 bits per heavy atom. The normalized spacial score (nSPS) is 8.75. The highest BCUT2D eigenvalue weighted by Gasteiger charge is 1.94. The van der Waals surface area contributed by atoms with Gasteiger partial charge in [0.2, 0.25) is 0 Å². The quantitative estimate of drug-likeness (QED) is 0.451. The van der Waals surface area contributed by atoms with Gasteiger partial charge in [-0.25, -0.2) is 4.98 Å². The molecule has 62 valence electrons. The minimum atomic E-state index is 0.324. The molecule has 0 unspecified atom stereocenters. The minimum absolute atomic E-state index is 0.324. The lowest BCUT2D eigenvalue weighted by molar-refractivity contribution is 1.29. The SMILES string of the molecule is NCC#Cc1cnc(N)c(N)c1. The van der Waals surface area contributed by atoms with E-state index in [9.17, 15) is 0 Å². The fourth-order valence-corrected chi connectivity index (χ4v) is 0.714. The molecule has 6 N–H and O–H groups in total. The molecular weight excluding hydrogens is 152 g/mol. The number of anilines is 2. The summed E-state index contributed by atoms with van der Waals surface area (Å²) in [7, 11) is 0. The van der Waals surface area contributed by atoms with Crippen LogP contribution in [-0.2, 0) is 0 Å². The smallest absolute Gasteiger partial charge is 0.146 e. The van der Waals surface area contributed by atoms with E-state index in [1.807, 2.05) is 0 Å². The lowest BCUT2D eigenvalue weighted by atomic mass is 10.2. The van der Waals surface area contributed by atoms with Gasteiger partial charge in [-0.1, -0.05) is 11.8 Å². The Balaban J connectivity index is 2.97. The van der Waals surface area contributed by atoms with E-state index in [0.717, 1.165) is 5.56 Å². The maximum absolute atomic E-state index is 5.51. The van der Waals surface area contributed by atoms with Crippen LogP contribution in [0.25, 0.3) is 0 Å². The van der Waals surface area contributed by atoms with E-state index in [2.05, 4.69) is 16.8 Å². The maximum Gasteiger partial charge on any atom is 0.146 e. The average Bonchev–Trinajstić information content (AvgIpc) is 2.07. The third-order valence-electron chi connectivity index (χ3n) is 1.28. The summed E-state index contributed by atoms with van der Waals surface area (Å²) in [5.41, 5.74) is 17.3. The molecule has 0 spiro atoms. The number of nitrogens with two attached hydrogens (primary N) is 3. The number of pyridine rings is 1. The van der Waals surface area contributed by atoms with Crippen molar-refractivity contribution in [2.45, 2.75) is 0 Å². The highest BCUT2D eigenvalue weighted by atomic mass is 14.9. The van der Waals surface area contributed by atoms with Crippen LogP contribution in [0.4, 0.5) is 11.5 Å². The first-order valence-electron chi connectivity index (χ1n) is 3.44. The molecule has 0 saturated carbocycles. The molecule has 0 aliphatic carbocycles. The summed E-state index contributed by atoms with van der Waals surface area (Å²) in [5.74, 6) is 5.82. The second-order valence-corrected chi connectivity index (χ2v) is 2.20. The summed E-state index contributed by atoms with van der Waals surface area (Å²) < 4.78 is 0. The van der Waals surface area contributed by atoms with Crippen molar-refractivity contribution in [2.24, 2.45) is 5.73 Å². The largest absolute Gasteiger partial charge is 0.396 e. The van der Waals surface area contributed by atoms with Crippen molar-refractivity contribution in [3.63, 3.8) is 0 Å². The van der Waals surface area contributed by atoms with Crippen LogP contribution in [0.3, 0.4) is 0 Å². The van der Waals surface area contributed by atoms with Crippen molar-refractivity contribution in [1.29, 1.82) is 0 Å². The van der Waals surface area contributed by atoms with Gasteiger partial charge in [0.1, 0.15) is 5.82 Å². The van der Waals surface area contributed by atoms with Gasteiger partial charge in [-0.3, -0.25) is 0 Å². The minimum Gasteiger partial charge on any atom is -0.396 e. The number of hydrogen-bond acceptors (Lipinski definition) is 4. The van der Waals surface area contributed by atoms with Crippen molar-refractivity contribution in [2.75, 3.05) is 18.0 Å². The molecule has 0 bridgehead atoms. The van der Waals surface area contributed by atoms with Crippen LogP contribution in [0, 0.1) is 11.8 Å². The van der Waals surface area contributed by atoms with Crippen LogP contribution in [0.2, 0.25) is 0 Å². The zero-order valence-corrected chi connectivity index (χ0v) is 6.54. The standard InChI is InChI=1S/C8H10N4/c9-3-1-2-6-4-7(10)8(11)12-5-6/h4-5H,3,9-10H2,(H2,11,12). The third kappa shape index (κ3) is 1.87. The molecule has 12 heavy (non-hydrogen) atoms. The van der Waals surface area contributed by atoms with Crippen LogP contribution in [0.15, 0.2) is 12.3 Å².